The average Bonchev–Trinajstić information content (AvgIpc) is 2.90. The van der Waals surface area contributed by atoms with E-state index < -0.39 is 0 Å². The van der Waals surface area contributed by atoms with Crippen molar-refractivity contribution in [3.8, 4) is 11.1 Å². The van der Waals surface area contributed by atoms with Crippen LogP contribution in [0.2, 0.25) is 0 Å². The first kappa shape index (κ1) is 15.0. The Balaban J connectivity index is 2.20. The van der Waals surface area contributed by atoms with E-state index in [0.29, 0.717) is 11.8 Å². The van der Waals surface area contributed by atoms with Gasteiger partial charge in [0.2, 0.25) is 0 Å². The summed E-state index contributed by atoms with van der Waals surface area (Å²) in [7, 11) is 0. The minimum Gasteiger partial charge on any atom is -0.0619 e. The van der Waals surface area contributed by atoms with E-state index in [9.17, 15) is 0 Å². The molecule has 1 fully saturated rings. The Morgan fingerprint density at radius 1 is 0.609 bits per heavy atom. The van der Waals surface area contributed by atoms with Crippen molar-refractivity contribution in [1.82, 2.24) is 0 Å². The van der Waals surface area contributed by atoms with Crippen LogP contribution in [0.5, 0.6) is 0 Å². The molecule has 0 radical (unpaired) electrons. The van der Waals surface area contributed by atoms with E-state index in [2.05, 4.69) is 90.1 Å². The van der Waals surface area contributed by atoms with Gasteiger partial charge in [0.25, 0.3) is 0 Å². The molecule has 0 heteroatoms. The first-order valence-electron chi connectivity index (χ1n) is 8.97. The van der Waals surface area contributed by atoms with Crippen LogP contribution in [-0.4, -0.2) is 0 Å². The fourth-order valence-corrected chi connectivity index (χ4v) is 6.39. The quantitative estimate of drug-likeness (QED) is 0.536. The Hall–Kier alpha value is -1.56. The molecule has 23 heavy (non-hydrogen) atoms. The lowest BCUT2D eigenvalue weighted by Gasteiger charge is -2.50. The van der Waals surface area contributed by atoms with E-state index in [1.807, 2.05) is 0 Å². The second-order valence-corrected chi connectivity index (χ2v) is 8.86. The van der Waals surface area contributed by atoms with Gasteiger partial charge in [-0.25, -0.2) is 0 Å². The van der Waals surface area contributed by atoms with Crippen LogP contribution in [0.15, 0.2) is 48.5 Å². The molecule has 2 aromatic rings. The van der Waals surface area contributed by atoms with Gasteiger partial charge in [0.05, 0.1) is 0 Å². The molecule has 2 aromatic carbocycles. The number of hydrogen-bond donors (Lipinski definition) is 0. The molecule has 2 atom stereocenters. The lowest BCUT2D eigenvalue weighted by atomic mass is 9.52. The Bertz CT molecular complexity index is 711. The van der Waals surface area contributed by atoms with Crippen LogP contribution in [-0.2, 0) is 5.41 Å². The Kier molecular flexibility index (Phi) is 2.80. The smallest absolute Gasteiger partial charge is 0.0322 e. The molecular weight excluding hydrogens is 276 g/mol. The van der Waals surface area contributed by atoms with Crippen molar-refractivity contribution in [3.05, 3.63) is 59.7 Å². The monoisotopic (exact) mass is 304 g/mol. The predicted molar refractivity (Wildman–Crippen MR) is 98.5 cm³/mol. The first-order valence-corrected chi connectivity index (χ1v) is 8.97. The Morgan fingerprint density at radius 2 is 0.957 bits per heavy atom. The van der Waals surface area contributed by atoms with Crippen molar-refractivity contribution in [2.45, 2.75) is 47.0 Å². The number of fused-ring (bicyclic) bond motifs is 5. The van der Waals surface area contributed by atoms with Crippen molar-refractivity contribution in [1.29, 1.82) is 0 Å². The van der Waals surface area contributed by atoms with Gasteiger partial charge < -0.3 is 0 Å². The third-order valence-corrected chi connectivity index (χ3v) is 7.91. The third-order valence-electron chi connectivity index (χ3n) is 7.91. The van der Waals surface area contributed by atoms with E-state index in [1.54, 1.807) is 11.1 Å². The summed E-state index contributed by atoms with van der Waals surface area (Å²) in [5.41, 5.74) is 6.53. The SMILES string of the molecule is CC1C(C)C(C)(C)C2(c3ccccc3-c3ccccc32)C1(C)C. The van der Waals surface area contributed by atoms with Gasteiger partial charge in [-0.1, -0.05) is 90.1 Å². The van der Waals surface area contributed by atoms with Crippen molar-refractivity contribution in [2.75, 3.05) is 0 Å². The van der Waals surface area contributed by atoms with Crippen LogP contribution < -0.4 is 0 Å². The highest BCUT2D eigenvalue weighted by Gasteiger charge is 2.69. The van der Waals surface area contributed by atoms with Gasteiger partial charge in [-0.05, 0) is 44.9 Å². The van der Waals surface area contributed by atoms with Crippen molar-refractivity contribution in [2.24, 2.45) is 22.7 Å². The summed E-state index contributed by atoms with van der Waals surface area (Å²) < 4.78 is 0. The lowest BCUT2D eigenvalue weighted by Crippen LogP contribution is -2.47. The third kappa shape index (κ3) is 1.40. The van der Waals surface area contributed by atoms with Crippen molar-refractivity contribution >= 4 is 0 Å². The molecule has 2 unspecified atom stereocenters. The van der Waals surface area contributed by atoms with Gasteiger partial charge in [0.15, 0.2) is 0 Å². The van der Waals surface area contributed by atoms with Gasteiger partial charge >= 0.3 is 0 Å². The molecule has 0 amide bonds. The molecular formula is C23H28. The maximum Gasteiger partial charge on any atom is 0.0322 e. The topological polar surface area (TPSA) is 0 Å². The maximum atomic E-state index is 2.50. The van der Waals surface area contributed by atoms with Crippen LogP contribution in [0.1, 0.15) is 52.7 Å². The number of rotatable bonds is 0. The molecule has 0 heterocycles. The van der Waals surface area contributed by atoms with Crippen molar-refractivity contribution < 1.29 is 0 Å². The van der Waals surface area contributed by atoms with Gasteiger partial charge in [-0.3, -0.25) is 0 Å². The zero-order valence-corrected chi connectivity index (χ0v) is 15.3. The summed E-state index contributed by atoms with van der Waals surface area (Å²) in [5.74, 6) is 1.36. The highest BCUT2D eigenvalue weighted by molar-refractivity contribution is 5.82. The molecule has 0 nitrogen and oxygen atoms in total. The predicted octanol–water partition coefficient (Wildman–Crippen LogP) is 6.29. The summed E-state index contributed by atoms with van der Waals surface area (Å²) >= 11 is 0. The minimum absolute atomic E-state index is 0.0893. The molecule has 1 spiro atoms. The van der Waals surface area contributed by atoms with Crippen LogP contribution in [0, 0.1) is 22.7 Å². The summed E-state index contributed by atoms with van der Waals surface area (Å²) in [6.45, 7) is 14.9. The van der Waals surface area contributed by atoms with Crippen molar-refractivity contribution in [3.63, 3.8) is 0 Å². The maximum absolute atomic E-state index is 2.50. The van der Waals surface area contributed by atoms with Gasteiger partial charge in [0, 0.05) is 5.41 Å². The van der Waals surface area contributed by atoms with Crippen LogP contribution in [0.25, 0.3) is 11.1 Å². The molecule has 4 rings (SSSR count). The molecule has 0 N–H and O–H groups in total. The zero-order valence-electron chi connectivity index (χ0n) is 15.3. The zero-order chi connectivity index (χ0) is 16.6. The summed E-state index contributed by atoms with van der Waals surface area (Å²) in [6.07, 6.45) is 0. The van der Waals surface area contributed by atoms with E-state index in [0.717, 1.165) is 0 Å². The largest absolute Gasteiger partial charge is 0.0619 e. The van der Waals surface area contributed by atoms with E-state index in [-0.39, 0.29) is 16.2 Å². The second-order valence-electron chi connectivity index (χ2n) is 8.86. The average molecular weight is 304 g/mol. The fraction of sp³-hybridized carbons (Fsp3) is 0.478. The summed E-state index contributed by atoms with van der Waals surface area (Å²) in [4.78, 5) is 0. The molecule has 2 aliphatic rings. The van der Waals surface area contributed by atoms with E-state index in [1.165, 1.54) is 11.1 Å². The first-order chi connectivity index (χ1) is 10.8. The molecule has 2 aliphatic carbocycles. The second kappa shape index (κ2) is 4.29. The summed E-state index contributed by atoms with van der Waals surface area (Å²) in [6, 6.07) is 18.3. The highest BCUT2D eigenvalue weighted by Crippen LogP contribution is 2.74. The van der Waals surface area contributed by atoms with Gasteiger partial charge in [-0.15, -0.1) is 0 Å². The minimum atomic E-state index is 0.0893. The van der Waals surface area contributed by atoms with Gasteiger partial charge in [-0.2, -0.15) is 0 Å². The Morgan fingerprint density at radius 3 is 1.35 bits per heavy atom. The standard InChI is InChI=1S/C23H28/c1-15-16(2)22(5,6)23(21(15,3)4)19-13-9-7-11-17(19)18-12-8-10-14-20(18)23/h7-16H,1-6H3. The molecule has 0 saturated heterocycles. The number of hydrogen-bond acceptors (Lipinski definition) is 0. The molecule has 120 valence electrons. The van der Waals surface area contributed by atoms with Crippen LogP contribution in [0.4, 0.5) is 0 Å². The fourth-order valence-electron chi connectivity index (χ4n) is 6.39. The number of benzene rings is 2. The van der Waals surface area contributed by atoms with E-state index in [4.69, 9.17) is 0 Å². The Labute approximate surface area is 140 Å². The van der Waals surface area contributed by atoms with Crippen LogP contribution in [0.3, 0.4) is 0 Å². The summed E-state index contributed by atoms with van der Waals surface area (Å²) in [5, 5.41) is 0. The molecule has 0 bridgehead atoms. The van der Waals surface area contributed by atoms with Gasteiger partial charge in [0.1, 0.15) is 0 Å². The normalized spacial score (nSPS) is 28.6. The molecule has 0 aliphatic heterocycles. The van der Waals surface area contributed by atoms with Crippen LogP contribution >= 0.6 is 0 Å². The van der Waals surface area contributed by atoms with E-state index >= 15 is 0 Å². The molecule has 0 aromatic heterocycles. The lowest BCUT2D eigenvalue weighted by molar-refractivity contribution is 0.127. The highest BCUT2D eigenvalue weighted by atomic mass is 14.7. The molecule has 1 saturated carbocycles.